The molecule has 1 unspecified atom stereocenters. The molecule has 0 aliphatic carbocycles. The van der Waals surface area contributed by atoms with E-state index in [9.17, 15) is 13.9 Å². The number of nitrogens with two attached hydrogens (primary N) is 1. The van der Waals surface area contributed by atoms with Crippen molar-refractivity contribution in [3.63, 3.8) is 0 Å². The van der Waals surface area contributed by atoms with E-state index >= 15 is 0 Å². The van der Waals surface area contributed by atoms with Crippen LogP contribution in [0.5, 0.6) is 5.75 Å². The van der Waals surface area contributed by atoms with Crippen molar-refractivity contribution < 1.29 is 42.5 Å². The van der Waals surface area contributed by atoms with E-state index in [2.05, 4.69) is 8.83 Å². The van der Waals surface area contributed by atoms with Crippen LogP contribution in [0.2, 0.25) is 0 Å². The van der Waals surface area contributed by atoms with E-state index in [-0.39, 0.29) is 12.2 Å². The molecule has 1 rings (SSSR count). The van der Waals surface area contributed by atoms with Crippen LogP contribution in [0.25, 0.3) is 0 Å². The van der Waals surface area contributed by atoms with Gasteiger partial charge in [0.25, 0.3) is 0 Å². The topological polar surface area (TPSA) is 177 Å². The number of phosphoric acid groups is 2. The van der Waals surface area contributed by atoms with Crippen LogP contribution in [0.3, 0.4) is 0 Å². The number of benzene rings is 1. The first kappa shape index (κ1) is 17.8. The summed E-state index contributed by atoms with van der Waals surface area (Å²) in [5, 5.41) is 9.08. The summed E-state index contributed by atoms with van der Waals surface area (Å²) in [4.78, 5) is 37.2. The average Bonchev–Trinajstić information content (AvgIpc) is 2.28. The molecule has 0 aromatic heterocycles. The molecule has 0 amide bonds. The van der Waals surface area contributed by atoms with Crippen LogP contribution < -0.4 is 5.73 Å². The molecular weight excluding hydrogens is 328 g/mol. The fourth-order valence-corrected chi connectivity index (χ4v) is 2.87. The zero-order valence-electron chi connectivity index (χ0n) is 10.4. The van der Waals surface area contributed by atoms with E-state index in [4.69, 9.17) is 25.5 Å². The van der Waals surface area contributed by atoms with Gasteiger partial charge in [0, 0.05) is 0 Å². The molecule has 21 heavy (non-hydrogen) atoms. The number of phosphoric ester groups is 1. The summed E-state index contributed by atoms with van der Waals surface area (Å²) in [5.74, 6) is -1.37. The summed E-state index contributed by atoms with van der Waals surface area (Å²) in [6, 6.07) is 4.26. The van der Waals surface area contributed by atoms with E-state index in [1.54, 1.807) is 0 Å². The molecule has 0 heterocycles. The van der Waals surface area contributed by atoms with Gasteiger partial charge >= 0.3 is 21.6 Å². The largest absolute Gasteiger partial charge is 0.538 e. The minimum Gasteiger partial charge on any atom is -0.508 e. The van der Waals surface area contributed by atoms with Gasteiger partial charge in [0.2, 0.25) is 0 Å². The zero-order chi connectivity index (χ0) is 16.3. The lowest BCUT2D eigenvalue weighted by molar-refractivity contribution is -0.137. The molecule has 0 saturated carbocycles. The minimum atomic E-state index is -5.30. The van der Waals surface area contributed by atoms with Crippen molar-refractivity contribution in [2.75, 3.05) is 0 Å². The number of phenolic OH excluding ortho intramolecular Hbond substituents is 1. The number of rotatable bonds is 6. The second-order valence-corrected chi connectivity index (χ2v) is 6.68. The van der Waals surface area contributed by atoms with Gasteiger partial charge in [0.15, 0.2) is 0 Å². The van der Waals surface area contributed by atoms with E-state index in [1.165, 1.54) is 24.3 Å². The second kappa shape index (κ2) is 6.67. The molecule has 118 valence electrons. The summed E-state index contributed by atoms with van der Waals surface area (Å²) in [5.41, 5.74) is 5.97. The second-order valence-electron chi connectivity index (χ2n) is 3.93. The third kappa shape index (κ3) is 6.83. The number of phenols is 1. The van der Waals surface area contributed by atoms with Crippen LogP contribution in [-0.4, -0.2) is 31.8 Å². The number of aromatic hydroxyl groups is 1. The Bertz CT molecular complexity index is 596. The number of carbonyl (C=O) groups excluding carboxylic acids is 1. The molecule has 0 fully saturated rings. The predicted octanol–water partition coefficient (Wildman–Crippen LogP) is 0.0149. The Kier molecular flexibility index (Phi) is 5.66. The van der Waals surface area contributed by atoms with Crippen molar-refractivity contribution in [1.29, 1.82) is 0 Å². The monoisotopic (exact) mass is 341 g/mol. The molecule has 0 bridgehead atoms. The highest BCUT2D eigenvalue weighted by molar-refractivity contribution is 7.61. The molecule has 0 saturated heterocycles. The first-order valence-corrected chi connectivity index (χ1v) is 8.38. The molecular formula is C9H13NO9P2. The molecule has 0 aliphatic heterocycles. The Balaban J connectivity index is 2.64. The fraction of sp³-hybridized carbons (Fsp3) is 0.222. The fourth-order valence-electron chi connectivity index (χ4n) is 1.30. The highest BCUT2D eigenvalue weighted by Gasteiger charge is 2.36. The Morgan fingerprint density at radius 1 is 1.19 bits per heavy atom. The van der Waals surface area contributed by atoms with Gasteiger partial charge in [-0.25, -0.2) is 13.9 Å². The summed E-state index contributed by atoms with van der Waals surface area (Å²) < 4.78 is 29.0. The van der Waals surface area contributed by atoms with Gasteiger partial charge in [-0.1, -0.05) is 12.1 Å². The third-order valence-electron chi connectivity index (χ3n) is 2.11. The molecule has 0 aliphatic rings. The molecule has 6 N–H and O–H groups in total. The van der Waals surface area contributed by atoms with Crippen LogP contribution in [0.15, 0.2) is 24.3 Å². The van der Waals surface area contributed by atoms with E-state index in [0.717, 1.165) is 0 Å². The summed E-state index contributed by atoms with van der Waals surface area (Å²) >= 11 is 0. The van der Waals surface area contributed by atoms with Crippen molar-refractivity contribution in [2.45, 2.75) is 12.5 Å². The first-order chi connectivity index (χ1) is 9.48. The normalized spacial score (nSPS) is 16.0. The van der Waals surface area contributed by atoms with Crippen LogP contribution >= 0.6 is 15.6 Å². The van der Waals surface area contributed by atoms with Gasteiger partial charge in [0.05, 0.1) is 0 Å². The Morgan fingerprint density at radius 3 is 2.19 bits per heavy atom. The molecule has 0 spiro atoms. The Labute approximate surface area is 119 Å². The van der Waals surface area contributed by atoms with Gasteiger partial charge < -0.3 is 25.2 Å². The molecule has 0 radical (unpaired) electrons. The van der Waals surface area contributed by atoms with Crippen LogP contribution in [0, 0.1) is 0 Å². The van der Waals surface area contributed by atoms with Crippen molar-refractivity contribution in [3.05, 3.63) is 29.8 Å². The number of carbonyl (C=O) groups is 1. The zero-order valence-corrected chi connectivity index (χ0v) is 12.2. The van der Waals surface area contributed by atoms with Gasteiger partial charge in [-0.3, -0.25) is 4.89 Å². The van der Waals surface area contributed by atoms with Crippen molar-refractivity contribution >= 4 is 21.6 Å². The predicted molar refractivity (Wildman–Crippen MR) is 68.8 cm³/mol. The Morgan fingerprint density at radius 2 is 1.71 bits per heavy atom. The van der Waals surface area contributed by atoms with Crippen LogP contribution in [-0.2, 0) is 29.2 Å². The van der Waals surface area contributed by atoms with E-state index in [0.29, 0.717) is 5.56 Å². The first-order valence-electron chi connectivity index (χ1n) is 5.35. The molecule has 1 aromatic carbocycles. The molecule has 1 aromatic rings. The van der Waals surface area contributed by atoms with Gasteiger partial charge in [0.1, 0.15) is 11.8 Å². The SMILES string of the molecule is N[C@@H](Cc1ccc(O)cc1)C(=O)OP(=O)(O)OP(=O)(O)O. The quantitative estimate of drug-likeness (QED) is 0.443. The highest BCUT2D eigenvalue weighted by atomic mass is 31.3. The van der Waals surface area contributed by atoms with Gasteiger partial charge in [-0.2, -0.15) is 4.31 Å². The van der Waals surface area contributed by atoms with Crippen LogP contribution in [0.4, 0.5) is 0 Å². The van der Waals surface area contributed by atoms with Gasteiger partial charge in [-0.15, -0.1) is 0 Å². The van der Waals surface area contributed by atoms with E-state index in [1.807, 2.05) is 0 Å². The third-order valence-corrected chi connectivity index (χ3v) is 4.20. The lowest BCUT2D eigenvalue weighted by Gasteiger charge is -2.15. The maximum Gasteiger partial charge on any atom is 0.538 e. The van der Waals surface area contributed by atoms with Crippen molar-refractivity contribution in [3.8, 4) is 5.75 Å². The van der Waals surface area contributed by atoms with Crippen molar-refractivity contribution in [1.82, 2.24) is 0 Å². The standard InChI is InChI=1S/C9H13NO9P2/c10-8(5-6-1-3-7(11)4-2-6)9(12)18-21(16,17)19-20(13,14)15/h1-4,8,11H,5,10H2,(H,16,17)(H2,13,14,15)/t8-/m0/s1. The highest BCUT2D eigenvalue weighted by Crippen LogP contribution is 2.57. The lowest BCUT2D eigenvalue weighted by Crippen LogP contribution is -2.33. The molecule has 12 heteroatoms. The Hall–Kier alpha value is -1.25. The van der Waals surface area contributed by atoms with Crippen molar-refractivity contribution in [2.24, 2.45) is 5.73 Å². The minimum absolute atomic E-state index is 0.00445. The maximum absolute atomic E-state index is 11.5. The maximum atomic E-state index is 11.5. The smallest absolute Gasteiger partial charge is 0.508 e. The molecule has 10 nitrogen and oxygen atoms in total. The summed E-state index contributed by atoms with van der Waals surface area (Å²) in [6.45, 7) is 0. The summed E-state index contributed by atoms with van der Waals surface area (Å²) in [6.07, 6.45) is -0.0883. The van der Waals surface area contributed by atoms with Gasteiger partial charge in [-0.05, 0) is 24.1 Å². The van der Waals surface area contributed by atoms with E-state index < -0.39 is 27.7 Å². The van der Waals surface area contributed by atoms with Crippen LogP contribution in [0.1, 0.15) is 5.56 Å². The lowest BCUT2D eigenvalue weighted by atomic mass is 10.1. The number of hydrogen-bond donors (Lipinski definition) is 5. The summed E-state index contributed by atoms with van der Waals surface area (Å²) in [7, 11) is -10.6. The number of hydrogen-bond acceptors (Lipinski definition) is 7. The average molecular weight is 341 g/mol. The molecule has 2 atom stereocenters.